The largest absolute Gasteiger partial charge is 0.323 e. The Labute approximate surface area is 240 Å². The number of para-hydroxylation sites is 1. The van der Waals surface area contributed by atoms with Crippen molar-refractivity contribution < 1.29 is 13.2 Å². The minimum absolute atomic E-state index is 0.132. The molecule has 202 valence electrons. The van der Waals surface area contributed by atoms with Gasteiger partial charge in [0.2, 0.25) is 5.91 Å². The molecule has 0 aliphatic rings. The second kappa shape index (κ2) is 12.7. The summed E-state index contributed by atoms with van der Waals surface area (Å²) in [6.07, 6.45) is 0. The van der Waals surface area contributed by atoms with E-state index in [9.17, 15) is 13.2 Å². The molecule has 0 aliphatic heterocycles. The molecule has 5 nitrogen and oxygen atoms in total. The van der Waals surface area contributed by atoms with Gasteiger partial charge in [0, 0.05) is 15.7 Å². The SMILES string of the molecule is Cc1ccc(S(=O)(=O)N(CC(=O)Nc2ccccc2SCc2ccc(Cl)cc2)c2ccc(C(C)C)cc2)cc1. The lowest BCUT2D eigenvalue weighted by Crippen LogP contribution is -2.38. The van der Waals surface area contributed by atoms with Crippen LogP contribution in [0.3, 0.4) is 0 Å². The lowest BCUT2D eigenvalue weighted by molar-refractivity contribution is -0.114. The van der Waals surface area contributed by atoms with Crippen LogP contribution in [0.4, 0.5) is 11.4 Å². The topological polar surface area (TPSA) is 66.5 Å². The molecule has 0 aromatic heterocycles. The molecule has 0 saturated carbocycles. The van der Waals surface area contributed by atoms with Crippen LogP contribution in [0.2, 0.25) is 5.02 Å². The molecule has 0 bridgehead atoms. The first-order valence-electron chi connectivity index (χ1n) is 12.6. The number of carbonyl (C=O) groups is 1. The highest BCUT2D eigenvalue weighted by molar-refractivity contribution is 7.98. The maximum Gasteiger partial charge on any atom is 0.264 e. The smallest absolute Gasteiger partial charge is 0.264 e. The van der Waals surface area contributed by atoms with Gasteiger partial charge in [0.05, 0.1) is 16.3 Å². The Morgan fingerprint density at radius 3 is 2.18 bits per heavy atom. The maximum absolute atomic E-state index is 13.7. The zero-order chi connectivity index (χ0) is 28.0. The second-order valence-corrected chi connectivity index (χ2v) is 12.8. The molecule has 0 atom stereocenters. The lowest BCUT2D eigenvalue weighted by atomic mass is 10.0. The zero-order valence-corrected chi connectivity index (χ0v) is 24.5. The molecule has 0 unspecified atom stereocenters. The number of thioether (sulfide) groups is 1. The van der Waals surface area contributed by atoms with Gasteiger partial charge in [0.15, 0.2) is 0 Å². The van der Waals surface area contributed by atoms with Crippen molar-refractivity contribution in [3.05, 3.63) is 119 Å². The molecule has 0 aliphatic carbocycles. The average Bonchev–Trinajstić information content (AvgIpc) is 2.92. The maximum atomic E-state index is 13.7. The number of hydrogen-bond donors (Lipinski definition) is 1. The number of hydrogen-bond acceptors (Lipinski definition) is 4. The Kier molecular flexibility index (Phi) is 9.38. The van der Waals surface area contributed by atoms with Crippen LogP contribution in [-0.2, 0) is 20.6 Å². The Hall–Kier alpha value is -3.26. The van der Waals surface area contributed by atoms with Crippen LogP contribution >= 0.6 is 23.4 Å². The van der Waals surface area contributed by atoms with Gasteiger partial charge < -0.3 is 5.32 Å². The van der Waals surface area contributed by atoms with Crippen molar-refractivity contribution in [2.24, 2.45) is 0 Å². The number of rotatable bonds is 10. The first kappa shape index (κ1) is 28.7. The summed E-state index contributed by atoms with van der Waals surface area (Å²) in [4.78, 5) is 14.3. The van der Waals surface area contributed by atoms with E-state index in [-0.39, 0.29) is 11.4 Å². The third-order valence-electron chi connectivity index (χ3n) is 6.21. The molecular formula is C31H31ClN2O3S2. The minimum Gasteiger partial charge on any atom is -0.323 e. The molecule has 0 spiro atoms. The van der Waals surface area contributed by atoms with Crippen LogP contribution in [0.25, 0.3) is 0 Å². The highest BCUT2D eigenvalue weighted by Crippen LogP contribution is 2.31. The Morgan fingerprint density at radius 1 is 0.897 bits per heavy atom. The summed E-state index contributed by atoms with van der Waals surface area (Å²) in [5.74, 6) is 0.560. The van der Waals surface area contributed by atoms with Crippen LogP contribution in [0.15, 0.2) is 107 Å². The predicted octanol–water partition coefficient (Wildman–Crippen LogP) is 7.90. The van der Waals surface area contributed by atoms with Gasteiger partial charge in [-0.05, 0) is 72.5 Å². The molecule has 1 N–H and O–H groups in total. The molecule has 39 heavy (non-hydrogen) atoms. The van der Waals surface area contributed by atoms with E-state index in [0.717, 1.165) is 21.6 Å². The summed E-state index contributed by atoms with van der Waals surface area (Å²) in [5.41, 5.74) is 4.20. The highest BCUT2D eigenvalue weighted by atomic mass is 35.5. The van der Waals surface area contributed by atoms with Gasteiger partial charge in [-0.3, -0.25) is 9.10 Å². The first-order valence-corrected chi connectivity index (χ1v) is 15.4. The lowest BCUT2D eigenvalue weighted by Gasteiger charge is -2.25. The molecule has 4 aromatic rings. The Bertz CT molecular complexity index is 1520. The zero-order valence-electron chi connectivity index (χ0n) is 22.1. The van der Waals surface area contributed by atoms with Crippen LogP contribution in [0, 0.1) is 6.92 Å². The molecule has 1 amide bonds. The summed E-state index contributed by atoms with van der Waals surface area (Å²) in [6, 6.07) is 29.1. The van der Waals surface area contributed by atoms with Gasteiger partial charge in [-0.25, -0.2) is 8.42 Å². The third-order valence-corrected chi connectivity index (χ3v) is 9.40. The molecule has 0 saturated heterocycles. The van der Waals surface area contributed by atoms with Crippen LogP contribution in [0.1, 0.15) is 36.5 Å². The van der Waals surface area contributed by atoms with Crippen LogP contribution in [-0.4, -0.2) is 20.9 Å². The summed E-state index contributed by atoms with van der Waals surface area (Å²) >= 11 is 7.58. The van der Waals surface area contributed by atoms with Crippen LogP contribution < -0.4 is 9.62 Å². The van der Waals surface area contributed by atoms with E-state index < -0.39 is 15.9 Å². The summed E-state index contributed by atoms with van der Waals surface area (Å²) in [6.45, 7) is 5.68. The number of anilines is 2. The van der Waals surface area contributed by atoms with Gasteiger partial charge in [-0.1, -0.05) is 79.5 Å². The van der Waals surface area contributed by atoms with Crippen molar-refractivity contribution in [3.8, 4) is 0 Å². The van der Waals surface area contributed by atoms with Gasteiger partial charge in [0.1, 0.15) is 6.54 Å². The first-order chi connectivity index (χ1) is 18.6. The highest BCUT2D eigenvalue weighted by Gasteiger charge is 2.27. The average molecular weight is 579 g/mol. The fourth-order valence-electron chi connectivity index (χ4n) is 3.94. The number of carbonyl (C=O) groups excluding carboxylic acids is 1. The predicted molar refractivity (Wildman–Crippen MR) is 162 cm³/mol. The fraction of sp³-hybridized carbons (Fsp3) is 0.194. The summed E-state index contributed by atoms with van der Waals surface area (Å²) < 4.78 is 28.6. The van der Waals surface area contributed by atoms with Crippen molar-refractivity contribution in [2.75, 3.05) is 16.2 Å². The normalized spacial score (nSPS) is 11.4. The minimum atomic E-state index is -3.99. The van der Waals surface area contributed by atoms with E-state index in [0.29, 0.717) is 28.1 Å². The standard InChI is InChI=1S/C31H31ClN2O3S2/c1-22(2)25-12-16-27(17-13-25)34(39(36,37)28-18-8-23(3)9-19-28)20-31(35)33-29-6-4-5-7-30(29)38-21-24-10-14-26(32)15-11-24/h4-19,22H,20-21H2,1-3H3,(H,33,35). The molecule has 4 rings (SSSR count). The van der Waals surface area contributed by atoms with Crippen molar-refractivity contribution in [1.29, 1.82) is 0 Å². The van der Waals surface area contributed by atoms with Crippen molar-refractivity contribution in [3.63, 3.8) is 0 Å². The van der Waals surface area contributed by atoms with Gasteiger partial charge >= 0.3 is 0 Å². The van der Waals surface area contributed by atoms with E-state index in [4.69, 9.17) is 11.6 Å². The molecule has 0 heterocycles. The molecule has 0 fully saturated rings. The van der Waals surface area contributed by atoms with E-state index in [1.165, 1.54) is 4.31 Å². The van der Waals surface area contributed by atoms with Crippen molar-refractivity contribution in [2.45, 2.75) is 42.2 Å². The van der Waals surface area contributed by atoms with Gasteiger partial charge in [-0.15, -0.1) is 11.8 Å². The Balaban J connectivity index is 1.57. The van der Waals surface area contributed by atoms with Gasteiger partial charge in [-0.2, -0.15) is 0 Å². The number of nitrogens with one attached hydrogen (secondary N) is 1. The van der Waals surface area contributed by atoms with Crippen molar-refractivity contribution in [1.82, 2.24) is 0 Å². The number of sulfonamides is 1. The fourth-order valence-corrected chi connectivity index (χ4v) is 6.45. The van der Waals surface area contributed by atoms with Gasteiger partial charge in [0.25, 0.3) is 10.0 Å². The molecule has 4 aromatic carbocycles. The monoisotopic (exact) mass is 578 g/mol. The second-order valence-electron chi connectivity index (χ2n) is 9.53. The van der Waals surface area contributed by atoms with E-state index in [2.05, 4.69) is 19.2 Å². The molecular weight excluding hydrogens is 548 g/mol. The summed E-state index contributed by atoms with van der Waals surface area (Å²) in [7, 11) is -3.99. The number of halogens is 1. The third kappa shape index (κ3) is 7.44. The Morgan fingerprint density at radius 2 is 1.54 bits per heavy atom. The van der Waals surface area contributed by atoms with E-state index >= 15 is 0 Å². The number of benzene rings is 4. The summed E-state index contributed by atoms with van der Waals surface area (Å²) in [5, 5.41) is 3.61. The molecule has 0 radical (unpaired) electrons. The number of amides is 1. The van der Waals surface area contributed by atoms with Crippen LogP contribution in [0.5, 0.6) is 0 Å². The number of nitrogens with zero attached hydrogens (tertiary/aromatic N) is 1. The quantitative estimate of drug-likeness (QED) is 0.194. The van der Waals surface area contributed by atoms with Crippen molar-refractivity contribution >= 4 is 50.7 Å². The number of aryl methyl sites for hydroxylation is 1. The molecule has 8 heteroatoms. The van der Waals surface area contributed by atoms with E-state index in [1.807, 2.05) is 67.6 Å². The van der Waals surface area contributed by atoms with E-state index in [1.54, 1.807) is 48.2 Å².